The van der Waals surface area contributed by atoms with E-state index in [-0.39, 0.29) is 34.3 Å². The first-order valence-corrected chi connectivity index (χ1v) is 11.4. The number of nitrogens with two attached hydrogens (primary N) is 2. The lowest BCUT2D eigenvalue weighted by atomic mass is 9.88. The van der Waals surface area contributed by atoms with E-state index in [1.54, 1.807) is 29.2 Å². The maximum atomic E-state index is 13.3. The molecule has 1 spiro atoms. The van der Waals surface area contributed by atoms with Crippen LogP contribution in [0.5, 0.6) is 0 Å². The number of benzene rings is 1. The van der Waals surface area contributed by atoms with Crippen LogP contribution in [-0.4, -0.2) is 73.6 Å². The van der Waals surface area contributed by atoms with Gasteiger partial charge in [-0.2, -0.15) is 0 Å². The molecule has 13 nitrogen and oxygen atoms in total. The highest BCUT2D eigenvalue weighted by molar-refractivity contribution is 6.31. The van der Waals surface area contributed by atoms with Crippen molar-refractivity contribution in [3.63, 3.8) is 0 Å². The molecule has 4 heterocycles. The molecule has 0 atom stereocenters. The molecular formula is C22H22ClN9O4. The van der Waals surface area contributed by atoms with Crippen molar-refractivity contribution < 1.29 is 19.5 Å². The van der Waals surface area contributed by atoms with Crippen LogP contribution in [0, 0.1) is 0 Å². The van der Waals surface area contributed by atoms with Crippen LogP contribution in [-0.2, 0) is 0 Å². The smallest absolute Gasteiger partial charge is 0.415 e. The predicted octanol–water partition coefficient (Wildman–Crippen LogP) is 1.14. The first-order chi connectivity index (χ1) is 17.2. The van der Waals surface area contributed by atoms with E-state index < -0.39 is 17.5 Å². The van der Waals surface area contributed by atoms with Gasteiger partial charge in [0.05, 0.1) is 17.6 Å². The van der Waals surface area contributed by atoms with Gasteiger partial charge in [0.1, 0.15) is 0 Å². The normalized spacial score (nSPS) is 16.6. The van der Waals surface area contributed by atoms with Gasteiger partial charge in [-0.3, -0.25) is 24.5 Å². The number of carbonyl (C=O) groups excluding carboxylic acids is 2. The molecule has 2 aliphatic heterocycles. The fraction of sp³-hybridized carbons (Fsp3) is 0.273. The Labute approximate surface area is 209 Å². The van der Waals surface area contributed by atoms with E-state index in [0.29, 0.717) is 48.9 Å². The molecule has 5 rings (SSSR count). The molecule has 186 valence electrons. The van der Waals surface area contributed by atoms with E-state index >= 15 is 0 Å². The minimum Gasteiger partial charge on any atom is -0.464 e. The second-order valence-corrected chi connectivity index (χ2v) is 9.01. The number of likely N-dealkylation sites (tertiary alicyclic amines) is 1. The number of halogens is 1. The maximum Gasteiger partial charge on any atom is 0.415 e. The van der Waals surface area contributed by atoms with Crippen LogP contribution < -0.4 is 22.1 Å². The van der Waals surface area contributed by atoms with Crippen LogP contribution in [0.4, 0.5) is 16.4 Å². The molecule has 2 aromatic heterocycles. The van der Waals surface area contributed by atoms with Crippen molar-refractivity contribution in [1.29, 1.82) is 0 Å². The summed E-state index contributed by atoms with van der Waals surface area (Å²) in [6.07, 6.45) is 1.52. The molecule has 0 bridgehead atoms. The van der Waals surface area contributed by atoms with Crippen LogP contribution in [0.25, 0.3) is 10.9 Å². The first-order valence-electron chi connectivity index (χ1n) is 11.0. The zero-order chi connectivity index (χ0) is 25.6. The second-order valence-electron chi connectivity index (χ2n) is 8.66. The number of amides is 2. The molecule has 36 heavy (non-hydrogen) atoms. The summed E-state index contributed by atoms with van der Waals surface area (Å²) in [5, 5.41) is 15.7. The predicted molar refractivity (Wildman–Crippen MR) is 132 cm³/mol. The van der Waals surface area contributed by atoms with Gasteiger partial charge in [-0.1, -0.05) is 17.7 Å². The molecule has 1 aromatic carbocycles. The van der Waals surface area contributed by atoms with Crippen molar-refractivity contribution in [2.75, 3.05) is 31.1 Å². The summed E-state index contributed by atoms with van der Waals surface area (Å²) in [6, 6.07) is 6.67. The van der Waals surface area contributed by atoms with Crippen LogP contribution in [0.15, 0.2) is 35.5 Å². The third-order valence-corrected chi connectivity index (χ3v) is 6.73. The van der Waals surface area contributed by atoms with Gasteiger partial charge in [0.2, 0.25) is 0 Å². The number of hydrogen-bond acceptors (Lipinski definition) is 9. The highest BCUT2D eigenvalue weighted by Crippen LogP contribution is 2.28. The van der Waals surface area contributed by atoms with Crippen LogP contribution in [0.3, 0.4) is 0 Å². The number of nitrogens with zero attached hydrogens (tertiary/aromatic N) is 5. The van der Waals surface area contributed by atoms with Crippen molar-refractivity contribution in [3.05, 3.63) is 46.9 Å². The number of aliphatic imine (C=N–C) groups is 1. The molecule has 7 N–H and O–H groups in total. The first kappa shape index (κ1) is 23.4. The summed E-state index contributed by atoms with van der Waals surface area (Å²) in [6.45, 7) is 1.35. The molecule has 1 saturated heterocycles. The van der Waals surface area contributed by atoms with Gasteiger partial charge >= 0.3 is 6.09 Å². The Hall–Kier alpha value is -4.39. The van der Waals surface area contributed by atoms with Crippen molar-refractivity contribution in [3.8, 4) is 0 Å². The molecule has 14 heteroatoms. The minimum atomic E-state index is -1.11. The molecule has 2 amide bonds. The maximum absolute atomic E-state index is 13.3. The van der Waals surface area contributed by atoms with Crippen molar-refractivity contribution in [2.24, 2.45) is 4.99 Å². The summed E-state index contributed by atoms with van der Waals surface area (Å²) < 4.78 is 1.09. The number of aromatic nitrogens is 3. The van der Waals surface area contributed by atoms with Gasteiger partial charge in [0.15, 0.2) is 28.4 Å². The number of nitrogen functional groups attached to an aromatic ring is 2. The Balaban J connectivity index is 1.23. The summed E-state index contributed by atoms with van der Waals surface area (Å²) in [5.41, 5.74) is 11.6. The lowest BCUT2D eigenvalue weighted by molar-refractivity contribution is 0.0670. The minimum absolute atomic E-state index is 0.0713. The number of carboxylic acid groups (broad SMARTS) is 1. The largest absolute Gasteiger partial charge is 0.464 e. The fourth-order valence-electron chi connectivity index (χ4n) is 4.52. The molecular weight excluding hydrogens is 490 g/mol. The van der Waals surface area contributed by atoms with Crippen LogP contribution >= 0.6 is 11.6 Å². The third kappa shape index (κ3) is 4.02. The molecule has 0 saturated carbocycles. The average Bonchev–Trinajstić information content (AvgIpc) is 3.46. The Morgan fingerprint density at radius 1 is 1.11 bits per heavy atom. The van der Waals surface area contributed by atoms with Gasteiger partial charge in [-0.05, 0) is 31.0 Å². The third-order valence-electron chi connectivity index (χ3n) is 6.45. The standard InChI is InChI=1S/C22H22ClN9O4/c23-15-17(25)28-16(24)14(27-15)18(33)29-20-26-10-22(30-20)5-8-31(9-6-22)19(34)12-2-1-3-13-11(12)4-7-32(13)21(35)36/h1-4,7H,5-6,8-10H2,(H,35,36)(H4,24,25,28)(H2,26,29,30,33). The Morgan fingerprint density at radius 2 is 1.86 bits per heavy atom. The van der Waals surface area contributed by atoms with E-state index in [1.807, 2.05) is 0 Å². The molecule has 0 aliphatic carbocycles. The highest BCUT2D eigenvalue weighted by atomic mass is 35.5. The van der Waals surface area contributed by atoms with Crippen molar-refractivity contribution in [1.82, 2.24) is 30.1 Å². The molecule has 2 aliphatic rings. The Bertz CT molecular complexity index is 1440. The number of hydrogen-bond donors (Lipinski definition) is 5. The zero-order valence-electron chi connectivity index (χ0n) is 18.9. The van der Waals surface area contributed by atoms with Crippen LogP contribution in [0.1, 0.15) is 33.7 Å². The molecule has 1 fully saturated rings. The molecule has 3 aromatic rings. The Kier molecular flexibility index (Phi) is 5.63. The number of fused-ring (bicyclic) bond motifs is 1. The molecule has 0 unspecified atom stereocenters. The zero-order valence-corrected chi connectivity index (χ0v) is 19.6. The number of anilines is 2. The SMILES string of the molecule is Nc1nc(N)c(C(=O)NC2=NCC3(CCN(C(=O)c4cccc5c4ccn5C(=O)O)CC3)N2)nc1Cl. The average molecular weight is 512 g/mol. The summed E-state index contributed by atoms with van der Waals surface area (Å²) in [4.78, 5) is 51.1. The van der Waals surface area contributed by atoms with E-state index in [1.165, 1.54) is 6.20 Å². The van der Waals surface area contributed by atoms with E-state index in [4.69, 9.17) is 23.1 Å². The second kappa shape index (κ2) is 8.68. The number of rotatable bonds is 2. The van der Waals surface area contributed by atoms with Gasteiger partial charge < -0.3 is 26.8 Å². The van der Waals surface area contributed by atoms with E-state index in [0.717, 1.165) is 4.57 Å². The lowest BCUT2D eigenvalue weighted by Gasteiger charge is -2.39. The summed E-state index contributed by atoms with van der Waals surface area (Å²) >= 11 is 5.85. The van der Waals surface area contributed by atoms with Gasteiger partial charge in [-0.15, -0.1) is 0 Å². The van der Waals surface area contributed by atoms with E-state index in [2.05, 4.69) is 25.6 Å². The summed E-state index contributed by atoms with van der Waals surface area (Å²) in [5.74, 6) is -0.741. The van der Waals surface area contributed by atoms with Gasteiger partial charge in [-0.25, -0.2) is 14.8 Å². The number of carbonyl (C=O) groups is 3. The Morgan fingerprint density at radius 3 is 2.58 bits per heavy atom. The quantitative estimate of drug-likeness (QED) is 0.335. The number of piperidine rings is 1. The number of nitrogens with one attached hydrogen (secondary N) is 2. The summed E-state index contributed by atoms with van der Waals surface area (Å²) in [7, 11) is 0. The lowest BCUT2D eigenvalue weighted by Crippen LogP contribution is -2.57. The molecule has 0 radical (unpaired) electrons. The highest BCUT2D eigenvalue weighted by Gasteiger charge is 2.40. The van der Waals surface area contributed by atoms with Crippen LogP contribution in [0.2, 0.25) is 5.15 Å². The number of guanidine groups is 1. The van der Waals surface area contributed by atoms with E-state index in [9.17, 15) is 19.5 Å². The van der Waals surface area contributed by atoms with Gasteiger partial charge in [0.25, 0.3) is 11.8 Å². The monoisotopic (exact) mass is 511 g/mol. The fourth-order valence-corrected chi connectivity index (χ4v) is 4.65. The topological polar surface area (TPSA) is 194 Å². The van der Waals surface area contributed by atoms with Crippen molar-refractivity contribution in [2.45, 2.75) is 18.4 Å². The van der Waals surface area contributed by atoms with Gasteiger partial charge in [0, 0.05) is 30.2 Å². The van der Waals surface area contributed by atoms with Crippen molar-refractivity contribution >= 4 is 58.0 Å².